The first kappa shape index (κ1) is 18.7. The van der Waals surface area contributed by atoms with Gasteiger partial charge in [0.15, 0.2) is 0 Å². The molecule has 0 spiro atoms. The van der Waals surface area contributed by atoms with Crippen LogP contribution in [0, 0.1) is 11.8 Å². The Morgan fingerprint density at radius 2 is 2.17 bits per heavy atom. The Hall–Kier alpha value is -2.27. The normalized spacial score (nSPS) is 33.8. The van der Waals surface area contributed by atoms with Crippen molar-refractivity contribution in [1.29, 1.82) is 0 Å². The Bertz CT molecular complexity index is 1040. The first-order valence-corrected chi connectivity index (χ1v) is 10.8. The number of esters is 1. The molecule has 5 atom stereocenters. The zero-order valence-electron chi connectivity index (χ0n) is 18.1. The van der Waals surface area contributed by atoms with Gasteiger partial charge in [-0.25, -0.2) is 0 Å². The number of methoxy groups -OCH3 is 1. The summed E-state index contributed by atoms with van der Waals surface area (Å²) in [6.07, 6.45) is 4.17. The third-order valence-electron chi connectivity index (χ3n) is 8.00. The number of aryl methyl sites for hydroxylation is 1. The van der Waals surface area contributed by atoms with Crippen molar-refractivity contribution < 1.29 is 18.8 Å². The molecule has 0 saturated carbocycles. The fraction of sp³-hybridized carbons (Fsp3) is 0.542. The van der Waals surface area contributed by atoms with Gasteiger partial charge in [-0.05, 0) is 31.1 Å². The predicted octanol–water partition coefficient (Wildman–Crippen LogP) is 3.76. The lowest BCUT2D eigenvalue weighted by molar-refractivity contribution is -0.977. The van der Waals surface area contributed by atoms with Crippen molar-refractivity contribution in [3.8, 4) is 5.75 Å². The molecule has 0 N–H and O–H groups in total. The Labute approximate surface area is 172 Å². The van der Waals surface area contributed by atoms with Crippen LogP contribution in [0.3, 0.4) is 0 Å². The third kappa shape index (κ3) is 2.28. The van der Waals surface area contributed by atoms with Crippen LogP contribution in [0.15, 0.2) is 29.8 Å². The number of carbonyl (C=O) groups excluding carboxylic acids is 1. The van der Waals surface area contributed by atoms with Crippen LogP contribution in [0.5, 0.6) is 5.75 Å². The molecule has 4 bridgehead atoms. The summed E-state index contributed by atoms with van der Waals surface area (Å²) in [5.74, 6) is 1.16. The number of rotatable bonds is 3. The molecule has 0 amide bonds. The molecule has 3 fully saturated rings. The van der Waals surface area contributed by atoms with E-state index in [0.717, 1.165) is 29.6 Å². The largest absolute Gasteiger partial charge is 0.495 e. The summed E-state index contributed by atoms with van der Waals surface area (Å²) >= 11 is 0. The number of allylic oxidation sites excluding steroid dienone is 1. The van der Waals surface area contributed by atoms with Crippen LogP contribution in [0.1, 0.15) is 37.6 Å². The number of ether oxygens (including phenoxy) is 2. The maximum Gasteiger partial charge on any atom is 0.315 e. The topological polar surface area (TPSA) is 40.5 Å². The number of benzene rings is 1. The van der Waals surface area contributed by atoms with Crippen LogP contribution in [0.25, 0.3) is 10.9 Å². The minimum Gasteiger partial charge on any atom is -0.495 e. The number of aromatic nitrogens is 1. The zero-order chi connectivity index (χ0) is 20.5. The summed E-state index contributed by atoms with van der Waals surface area (Å²) in [6, 6.07) is 7.01. The number of piperidine rings is 3. The van der Waals surface area contributed by atoms with Gasteiger partial charge in [-0.3, -0.25) is 4.79 Å². The Kier molecular flexibility index (Phi) is 4.11. The zero-order valence-corrected chi connectivity index (χ0v) is 18.1. The molecule has 5 heterocycles. The number of likely N-dealkylation sites (N-methyl/N-ethyl adjacent to an activating group) is 1. The summed E-state index contributed by atoms with van der Waals surface area (Å²) in [5, 5.41) is 1.27. The highest BCUT2D eigenvalue weighted by atomic mass is 16.5. The van der Waals surface area contributed by atoms with Crippen LogP contribution in [-0.2, 0) is 23.0 Å². The van der Waals surface area contributed by atoms with Crippen LogP contribution in [0.2, 0.25) is 0 Å². The molecule has 6 rings (SSSR count). The molecule has 5 nitrogen and oxygen atoms in total. The number of fused-ring (bicyclic) bond motifs is 4. The van der Waals surface area contributed by atoms with Gasteiger partial charge in [0.2, 0.25) is 0 Å². The lowest BCUT2D eigenvalue weighted by Gasteiger charge is -2.62. The van der Waals surface area contributed by atoms with E-state index in [4.69, 9.17) is 9.47 Å². The van der Waals surface area contributed by atoms with Crippen LogP contribution >= 0.6 is 0 Å². The second-order valence-corrected chi connectivity index (χ2v) is 9.06. The fourth-order valence-electron chi connectivity index (χ4n) is 6.79. The van der Waals surface area contributed by atoms with Crippen molar-refractivity contribution >= 4 is 16.9 Å². The second kappa shape index (κ2) is 6.36. The summed E-state index contributed by atoms with van der Waals surface area (Å²) in [7, 11) is 6.28. The first-order valence-electron chi connectivity index (χ1n) is 10.8. The van der Waals surface area contributed by atoms with E-state index in [9.17, 15) is 4.79 Å². The van der Waals surface area contributed by atoms with Crippen molar-refractivity contribution in [1.82, 2.24) is 4.57 Å². The smallest absolute Gasteiger partial charge is 0.315 e. The molecule has 0 radical (unpaired) electrons. The number of carbonyl (C=O) groups is 1. The minimum atomic E-state index is -0.0508. The van der Waals surface area contributed by atoms with E-state index in [2.05, 4.69) is 43.8 Å². The number of nitrogens with zero attached hydrogens (tertiary/aromatic N) is 2. The fourth-order valence-corrected chi connectivity index (χ4v) is 6.79. The maximum atomic E-state index is 13.1. The summed E-state index contributed by atoms with van der Waals surface area (Å²) in [6.45, 7) is 5.51. The van der Waals surface area contributed by atoms with Gasteiger partial charge in [-0.2, -0.15) is 0 Å². The van der Waals surface area contributed by atoms with Crippen LogP contribution in [-0.4, -0.2) is 48.4 Å². The van der Waals surface area contributed by atoms with Crippen molar-refractivity contribution in [2.24, 2.45) is 18.9 Å². The molecule has 5 unspecified atom stereocenters. The molecule has 4 aliphatic rings. The van der Waals surface area contributed by atoms with E-state index in [0.29, 0.717) is 18.6 Å². The van der Waals surface area contributed by atoms with Gasteiger partial charge in [0.1, 0.15) is 30.3 Å². The van der Waals surface area contributed by atoms with E-state index in [1.165, 1.54) is 27.7 Å². The molecular formula is C24H31N2O3+. The highest BCUT2D eigenvalue weighted by molar-refractivity contribution is 5.91. The van der Waals surface area contributed by atoms with Crippen molar-refractivity contribution in [2.45, 2.75) is 38.8 Å². The Morgan fingerprint density at radius 3 is 2.86 bits per heavy atom. The lowest BCUT2D eigenvalue weighted by Crippen LogP contribution is -2.71. The molecule has 2 aromatic rings. The average molecular weight is 396 g/mol. The lowest BCUT2D eigenvalue weighted by atomic mass is 9.62. The predicted molar refractivity (Wildman–Crippen MR) is 113 cm³/mol. The molecule has 3 saturated heterocycles. The minimum absolute atomic E-state index is 0.00869. The first-order chi connectivity index (χ1) is 14.0. The number of hydrogen-bond acceptors (Lipinski definition) is 3. The van der Waals surface area contributed by atoms with Gasteiger partial charge in [-0.15, -0.1) is 0 Å². The van der Waals surface area contributed by atoms with Crippen molar-refractivity contribution in [2.75, 3.05) is 27.3 Å². The van der Waals surface area contributed by atoms with Gasteiger partial charge >= 0.3 is 5.97 Å². The standard InChI is InChI=1S/C24H31N2O3/c1-6-14-13-26(4)18-12-17-15-9-8-10-20(28-5)23(15)25(3)22(17)19(26)11-16(14)21(18)24(27)29-7-2/h6,8-10,16,18-19,21H,7,11-13H2,1-5H3/q+1. The number of quaternary nitrogens is 1. The Morgan fingerprint density at radius 1 is 1.38 bits per heavy atom. The monoisotopic (exact) mass is 395 g/mol. The molecule has 5 heteroatoms. The van der Waals surface area contributed by atoms with Crippen molar-refractivity contribution in [3.05, 3.63) is 41.1 Å². The number of para-hydroxylation sites is 1. The van der Waals surface area contributed by atoms with Crippen LogP contribution < -0.4 is 4.74 Å². The van der Waals surface area contributed by atoms with Gasteiger partial charge < -0.3 is 18.5 Å². The van der Waals surface area contributed by atoms with E-state index >= 15 is 0 Å². The van der Waals surface area contributed by atoms with Crippen LogP contribution in [0.4, 0.5) is 0 Å². The summed E-state index contributed by atoms with van der Waals surface area (Å²) in [5.41, 5.74) is 5.45. The van der Waals surface area contributed by atoms with Gasteiger partial charge in [0.05, 0.1) is 32.0 Å². The number of hydrogen-bond donors (Lipinski definition) is 0. The van der Waals surface area contributed by atoms with Crippen molar-refractivity contribution in [3.63, 3.8) is 0 Å². The quantitative estimate of drug-likeness (QED) is 0.451. The highest BCUT2D eigenvalue weighted by Crippen LogP contribution is 2.59. The van der Waals surface area contributed by atoms with Gasteiger partial charge in [0.25, 0.3) is 0 Å². The molecule has 29 heavy (non-hydrogen) atoms. The van der Waals surface area contributed by atoms with Gasteiger partial charge in [-0.1, -0.05) is 18.2 Å². The highest BCUT2D eigenvalue weighted by Gasteiger charge is 2.64. The van der Waals surface area contributed by atoms with E-state index in [-0.39, 0.29) is 17.9 Å². The molecule has 1 aromatic heterocycles. The molecule has 0 aliphatic carbocycles. The molecular weight excluding hydrogens is 364 g/mol. The van der Waals surface area contributed by atoms with E-state index < -0.39 is 0 Å². The average Bonchev–Trinajstić information content (AvgIpc) is 2.99. The summed E-state index contributed by atoms with van der Waals surface area (Å²) < 4.78 is 14.6. The molecule has 1 aromatic carbocycles. The maximum absolute atomic E-state index is 13.1. The second-order valence-electron chi connectivity index (χ2n) is 9.06. The molecule has 4 aliphatic heterocycles. The third-order valence-corrected chi connectivity index (χ3v) is 8.00. The van der Waals surface area contributed by atoms with Gasteiger partial charge in [0, 0.05) is 31.2 Å². The Balaban J connectivity index is 1.73. The molecule has 154 valence electrons. The van der Waals surface area contributed by atoms with E-state index in [1.54, 1.807) is 7.11 Å². The van der Waals surface area contributed by atoms with E-state index in [1.807, 2.05) is 13.0 Å². The SMILES string of the molecule is CC=C1C[N+]2(C)C3CC1C(C(=O)OCC)C2Cc1c3n(C)c2c(OC)cccc12. The summed E-state index contributed by atoms with van der Waals surface area (Å²) in [4.78, 5) is 13.1.